The highest BCUT2D eigenvalue weighted by Crippen LogP contribution is 2.59. The van der Waals surface area contributed by atoms with Crippen LogP contribution in [0, 0.1) is 0 Å². The van der Waals surface area contributed by atoms with E-state index in [1.54, 1.807) is 35.3 Å². The zero-order valence-corrected chi connectivity index (χ0v) is 24.9. The van der Waals surface area contributed by atoms with E-state index in [0.29, 0.717) is 6.61 Å². The van der Waals surface area contributed by atoms with Crippen molar-refractivity contribution in [1.29, 1.82) is 0 Å². The van der Waals surface area contributed by atoms with Crippen LogP contribution in [0.1, 0.15) is 33.6 Å². The fourth-order valence-corrected chi connectivity index (χ4v) is 9.58. The molecule has 39 heavy (non-hydrogen) atoms. The molecular formula is C31H36O5S3. The third kappa shape index (κ3) is 7.05. The minimum Gasteiger partial charge on any atom is -0.387 e. The van der Waals surface area contributed by atoms with Crippen molar-refractivity contribution in [2.45, 2.75) is 88.2 Å². The Morgan fingerprint density at radius 2 is 1.31 bits per heavy atom. The summed E-state index contributed by atoms with van der Waals surface area (Å²) in [5.41, 5.74) is 0. The number of rotatable bonds is 12. The first kappa shape index (κ1) is 29.0. The lowest BCUT2D eigenvalue weighted by atomic mass is 10.1. The molecule has 1 N–H and O–H groups in total. The van der Waals surface area contributed by atoms with E-state index in [2.05, 4.69) is 43.3 Å². The largest absolute Gasteiger partial charge is 0.387 e. The predicted octanol–water partition coefficient (Wildman–Crippen LogP) is 7.44. The summed E-state index contributed by atoms with van der Waals surface area (Å²) in [5, 5.41) is 12.5. The van der Waals surface area contributed by atoms with E-state index in [9.17, 15) is 5.11 Å². The Kier molecular flexibility index (Phi) is 9.67. The Bertz CT molecular complexity index is 1060. The molecule has 0 amide bonds. The Morgan fingerprint density at radius 1 is 0.821 bits per heavy atom. The van der Waals surface area contributed by atoms with E-state index in [1.807, 2.05) is 68.4 Å². The van der Waals surface area contributed by atoms with Gasteiger partial charge in [0.05, 0.1) is 0 Å². The van der Waals surface area contributed by atoms with E-state index >= 15 is 0 Å². The third-order valence-corrected chi connectivity index (χ3v) is 11.1. The van der Waals surface area contributed by atoms with Crippen LogP contribution in [0.4, 0.5) is 0 Å². The van der Waals surface area contributed by atoms with Crippen molar-refractivity contribution in [3.8, 4) is 0 Å². The molecule has 5 atom stereocenters. The first-order chi connectivity index (χ1) is 18.9. The second kappa shape index (κ2) is 13.0. The van der Waals surface area contributed by atoms with Crippen LogP contribution < -0.4 is 0 Å². The second-order valence-electron chi connectivity index (χ2n) is 10.1. The average Bonchev–Trinajstić information content (AvgIpc) is 3.41. The van der Waals surface area contributed by atoms with Gasteiger partial charge in [0.1, 0.15) is 27.8 Å². The molecular weight excluding hydrogens is 549 g/mol. The molecule has 0 spiro atoms. The van der Waals surface area contributed by atoms with Crippen LogP contribution in [-0.2, 0) is 18.9 Å². The Morgan fingerprint density at radius 3 is 1.77 bits per heavy atom. The van der Waals surface area contributed by atoms with Gasteiger partial charge in [-0.05, 0) is 56.7 Å². The zero-order chi connectivity index (χ0) is 27.3. The van der Waals surface area contributed by atoms with E-state index in [0.717, 1.165) is 27.5 Å². The molecule has 2 aliphatic rings. The van der Waals surface area contributed by atoms with Gasteiger partial charge >= 0.3 is 0 Å². The Labute approximate surface area is 244 Å². The lowest BCUT2D eigenvalue weighted by Gasteiger charge is -2.40. The third-order valence-electron chi connectivity index (χ3n) is 6.52. The average molecular weight is 585 g/mol. The molecule has 0 bridgehead atoms. The highest BCUT2D eigenvalue weighted by molar-refractivity contribution is 8.33. The monoisotopic (exact) mass is 584 g/mol. The summed E-state index contributed by atoms with van der Waals surface area (Å²) in [5.74, 6) is -0.773. The molecule has 5 rings (SSSR count). The number of hydrogen-bond acceptors (Lipinski definition) is 8. The van der Waals surface area contributed by atoms with Gasteiger partial charge in [0.25, 0.3) is 0 Å². The highest BCUT2D eigenvalue weighted by Gasteiger charge is 2.60. The van der Waals surface area contributed by atoms with Gasteiger partial charge in [-0.1, -0.05) is 103 Å². The van der Waals surface area contributed by atoms with Crippen molar-refractivity contribution < 1.29 is 24.1 Å². The van der Waals surface area contributed by atoms with Gasteiger partial charge in [0.2, 0.25) is 0 Å². The number of ether oxygens (including phenoxy) is 4. The number of fused-ring (bicyclic) bond motifs is 1. The van der Waals surface area contributed by atoms with E-state index in [1.165, 1.54) is 0 Å². The first-order valence-electron chi connectivity index (χ1n) is 13.4. The van der Waals surface area contributed by atoms with Crippen molar-refractivity contribution in [2.24, 2.45) is 0 Å². The normalized spacial score (nSPS) is 24.9. The quantitative estimate of drug-likeness (QED) is 0.134. The Balaban J connectivity index is 1.55. The van der Waals surface area contributed by atoms with Crippen molar-refractivity contribution in [1.82, 2.24) is 0 Å². The van der Waals surface area contributed by atoms with Crippen LogP contribution in [0.5, 0.6) is 0 Å². The maximum absolute atomic E-state index is 12.5. The number of aliphatic hydroxyl groups is 1. The summed E-state index contributed by atoms with van der Waals surface area (Å²) < 4.78 is 24.4. The summed E-state index contributed by atoms with van der Waals surface area (Å²) >= 11 is 4.91. The highest BCUT2D eigenvalue weighted by atomic mass is 32.3. The molecule has 2 aliphatic heterocycles. The standard InChI is InChI=1S/C31H36O5S3/c1-4-5-21-33-25-26(34-29-27(25)35-30(2,3)36-29)28(32)31(37-22-15-9-6-10-16-22,38-23-17-11-7-12-18-23)39-24-19-13-8-14-20-24/h6-20,25-29,32H,4-5,21H2,1-3H3/t25-,26-,27-,28+,29+/m0/s1. The minimum atomic E-state index is -0.953. The SMILES string of the molecule is CCCCO[C@@H]1[C@@H]2OC(C)(C)O[C@H]2O[C@@H]1[C@@H](O)C(Sc1ccccc1)(Sc1ccccc1)Sc1ccccc1. The van der Waals surface area contributed by atoms with Crippen LogP contribution >= 0.6 is 35.3 Å². The molecule has 2 saturated heterocycles. The van der Waals surface area contributed by atoms with Crippen molar-refractivity contribution in [3.05, 3.63) is 91.0 Å². The van der Waals surface area contributed by atoms with Crippen molar-refractivity contribution >= 4 is 35.3 Å². The molecule has 0 aromatic heterocycles. The van der Waals surface area contributed by atoms with Gasteiger partial charge in [-0.2, -0.15) is 0 Å². The predicted molar refractivity (Wildman–Crippen MR) is 159 cm³/mol. The van der Waals surface area contributed by atoms with Gasteiger partial charge in [-0.15, -0.1) is 0 Å². The van der Waals surface area contributed by atoms with Crippen molar-refractivity contribution in [2.75, 3.05) is 6.61 Å². The molecule has 5 nitrogen and oxygen atoms in total. The Hall–Kier alpha value is -1.49. The summed E-state index contributed by atoms with van der Waals surface area (Å²) in [4.78, 5) is 3.16. The maximum atomic E-state index is 12.5. The molecule has 8 heteroatoms. The smallest absolute Gasteiger partial charge is 0.190 e. The first-order valence-corrected chi connectivity index (χ1v) is 15.9. The van der Waals surface area contributed by atoms with Crippen LogP contribution in [0.3, 0.4) is 0 Å². The summed E-state index contributed by atoms with van der Waals surface area (Å²) in [6.45, 7) is 6.47. The molecule has 0 unspecified atom stereocenters. The van der Waals surface area contributed by atoms with E-state index < -0.39 is 39.9 Å². The maximum Gasteiger partial charge on any atom is 0.190 e. The molecule has 2 fully saturated rings. The minimum absolute atomic E-state index is 0.417. The van der Waals surface area contributed by atoms with E-state index in [4.69, 9.17) is 18.9 Å². The van der Waals surface area contributed by atoms with Crippen LogP contribution in [-0.4, -0.2) is 51.6 Å². The molecule has 3 aromatic rings. The summed E-state index contributed by atoms with van der Waals surface area (Å²) in [6.07, 6.45) is -1.17. The summed E-state index contributed by atoms with van der Waals surface area (Å²) in [6, 6.07) is 30.7. The van der Waals surface area contributed by atoms with Crippen LogP contribution in [0.25, 0.3) is 0 Å². The van der Waals surface area contributed by atoms with Crippen molar-refractivity contribution in [3.63, 3.8) is 0 Å². The fourth-order valence-electron chi connectivity index (χ4n) is 4.71. The number of benzene rings is 3. The van der Waals surface area contributed by atoms with Crippen LogP contribution in [0.2, 0.25) is 0 Å². The lowest BCUT2D eigenvalue weighted by molar-refractivity contribution is -0.228. The topological polar surface area (TPSA) is 57.2 Å². The molecule has 0 radical (unpaired) electrons. The van der Waals surface area contributed by atoms with Crippen LogP contribution in [0.15, 0.2) is 106 Å². The van der Waals surface area contributed by atoms with Gasteiger partial charge in [-0.25, -0.2) is 0 Å². The number of aliphatic hydroxyl groups excluding tert-OH is 1. The number of hydrogen-bond donors (Lipinski definition) is 1. The molecule has 208 valence electrons. The number of unbranched alkanes of at least 4 members (excludes halogenated alkanes) is 1. The van der Waals surface area contributed by atoms with Gasteiger partial charge < -0.3 is 24.1 Å². The molecule has 2 heterocycles. The van der Waals surface area contributed by atoms with Gasteiger partial charge in [0, 0.05) is 21.3 Å². The number of thioether (sulfide) groups is 3. The summed E-state index contributed by atoms with van der Waals surface area (Å²) in [7, 11) is 0. The molecule has 0 saturated carbocycles. The van der Waals surface area contributed by atoms with Gasteiger partial charge in [-0.3, -0.25) is 0 Å². The fraction of sp³-hybridized carbons (Fsp3) is 0.419. The second-order valence-corrected chi connectivity index (χ2v) is 14.8. The van der Waals surface area contributed by atoms with E-state index in [-0.39, 0.29) is 0 Å². The lowest BCUT2D eigenvalue weighted by Crippen LogP contribution is -2.50. The van der Waals surface area contributed by atoms with Gasteiger partial charge in [0.15, 0.2) is 12.1 Å². The molecule has 0 aliphatic carbocycles. The molecule has 3 aromatic carbocycles. The zero-order valence-electron chi connectivity index (χ0n) is 22.5.